The second-order valence-electron chi connectivity index (χ2n) is 6.27. The number of nitrogens with zero attached hydrogens (tertiary/aromatic N) is 1. The lowest BCUT2D eigenvalue weighted by molar-refractivity contribution is 0.158. The minimum Gasteiger partial charge on any atom is -0.360 e. The first-order valence-electron chi connectivity index (χ1n) is 6.68. The maximum absolute atomic E-state index is 5.09. The second-order valence-corrected chi connectivity index (χ2v) is 6.27. The minimum absolute atomic E-state index is 0.468. The third-order valence-electron chi connectivity index (χ3n) is 4.01. The first-order valence-corrected chi connectivity index (χ1v) is 6.68. The van der Waals surface area contributed by atoms with Gasteiger partial charge in [-0.2, -0.15) is 0 Å². The molecule has 0 radical (unpaired) electrons. The molecule has 2 rings (SSSR count). The Kier molecular flexibility index (Phi) is 3.87. The van der Waals surface area contributed by atoms with Crippen LogP contribution in [0.5, 0.6) is 0 Å². The van der Waals surface area contributed by atoms with Gasteiger partial charge in [0.25, 0.3) is 0 Å². The molecule has 3 heteroatoms. The molecule has 17 heavy (non-hydrogen) atoms. The summed E-state index contributed by atoms with van der Waals surface area (Å²) in [5.74, 6) is 1.81. The van der Waals surface area contributed by atoms with Crippen molar-refractivity contribution in [3.8, 4) is 0 Å². The Balaban J connectivity index is 1.72. The summed E-state index contributed by atoms with van der Waals surface area (Å²) < 4.78 is 5.09. The van der Waals surface area contributed by atoms with Crippen LogP contribution in [0.15, 0.2) is 16.8 Å². The first kappa shape index (κ1) is 12.6. The highest BCUT2D eigenvalue weighted by atomic mass is 16.5. The molecule has 0 spiro atoms. The van der Waals surface area contributed by atoms with Crippen molar-refractivity contribution < 1.29 is 4.52 Å². The molecule has 0 unspecified atom stereocenters. The van der Waals surface area contributed by atoms with Gasteiger partial charge in [0, 0.05) is 12.1 Å². The third-order valence-corrected chi connectivity index (χ3v) is 4.01. The Bertz CT molecular complexity index is 318. The highest BCUT2D eigenvalue weighted by molar-refractivity contribution is 4.93. The van der Waals surface area contributed by atoms with E-state index in [0.717, 1.165) is 18.2 Å². The van der Waals surface area contributed by atoms with Gasteiger partial charge < -0.3 is 9.84 Å². The van der Waals surface area contributed by atoms with Crippen LogP contribution in [0.25, 0.3) is 0 Å². The van der Waals surface area contributed by atoms with Crippen LogP contribution in [0.4, 0.5) is 0 Å². The lowest BCUT2D eigenvalue weighted by Crippen LogP contribution is -2.35. The lowest BCUT2D eigenvalue weighted by atomic mass is 9.71. The summed E-state index contributed by atoms with van der Waals surface area (Å²) >= 11 is 0. The van der Waals surface area contributed by atoms with E-state index in [0.29, 0.717) is 11.5 Å². The highest BCUT2D eigenvalue weighted by Crippen LogP contribution is 2.37. The zero-order chi connectivity index (χ0) is 12.3. The van der Waals surface area contributed by atoms with E-state index in [4.69, 9.17) is 4.52 Å². The molecular weight excluding hydrogens is 212 g/mol. The van der Waals surface area contributed by atoms with Crippen LogP contribution in [0.2, 0.25) is 0 Å². The molecule has 1 saturated carbocycles. The molecule has 1 N–H and O–H groups in total. The summed E-state index contributed by atoms with van der Waals surface area (Å²) in [7, 11) is 0. The SMILES string of the molecule is CC(C)(C)C1CCC(NCc2ccno2)CC1. The van der Waals surface area contributed by atoms with E-state index in [1.165, 1.54) is 25.7 Å². The molecule has 1 heterocycles. The molecule has 1 aliphatic carbocycles. The lowest BCUT2D eigenvalue weighted by Gasteiger charge is -2.37. The smallest absolute Gasteiger partial charge is 0.150 e. The fraction of sp³-hybridized carbons (Fsp3) is 0.786. The Morgan fingerprint density at radius 3 is 2.53 bits per heavy atom. The molecule has 0 aromatic carbocycles. The first-order chi connectivity index (χ1) is 8.05. The van der Waals surface area contributed by atoms with Gasteiger partial charge in [-0.15, -0.1) is 0 Å². The molecular formula is C14H24N2O. The molecule has 1 aliphatic rings. The van der Waals surface area contributed by atoms with Crippen molar-refractivity contribution in [1.82, 2.24) is 10.5 Å². The van der Waals surface area contributed by atoms with Gasteiger partial charge in [-0.25, -0.2) is 0 Å². The van der Waals surface area contributed by atoms with Crippen LogP contribution >= 0.6 is 0 Å². The van der Waals surface area contributed by atoms with Crippen LogP contribution in [-0.2, 0) is 6.54 Å². The highest BCUT2D eigenvalue weighted by Gasteiger charge is 2.29. The van der Waals surface area contributed by atoms with Crippen LogP contribution < -0.4 is 5.32 Å². The maximum Gasteiger partial charge on any atom is 0.150 e. The van der Waals surface area contributed by atoms with E-state index >= 15 is 0 Å². The van der Waals surface area contributed by atoms with Gasteiger partial charge in [0.1, 0.15) is 5.76 Å². The van der Waals surface area contributed by atoms with Crippen LogP contribution in [0.1, 0.15) is 52.2 Å². The molecule has 1 aromatic rings. The maximum atomic E-state index is 5.09. The average molecular weight is 236 g/mol. The molecule has 0 atom stereocenters. The number of rotatable bonds is 3. The van der Waals surface area contributed by atoms with Gasteiger partial charge >= 0.3 is 0 Å². The standard InChI is InChI=1S/C14H24N2O/c1-14(2,3)11-4-6-12(7-5-11)15-10-13-8-9-16-17-13/h8-9,11-12,15H,4-7,10H2,1-3H3. The Morgan fingerprint density at radius 1 is 1.29 bits per heavy atom. The second kappa shape index (κ2) is 5.21. The zero-order valence-corrected chi connectivity index (χ0v) is 11.2. The van der Waals surface area contributed by atoms with Crippen molar-refractivity contribution in [2.75, 3.05) is 0 Å². The Morgan fingerprint density at radius 2 is 2.00 bits per heavy atom. The summed E-state index contributed by atoms with van der Waals surface area (Å²) in [5.41, 5.74) is 0.468. The predicted molar refractivity (Wildman–Crippen MR) is 68.5 cm³/mol. The van der Waals surface area contributed by atoms with Gasteiger partial charge in [0.2, 0.25) is 0 Å². The molecule has 0 saturated heterocycles. The van der Waals surface area contributed by atoms with Crippen LogP contribution in [-0.4, -0.2) is 11.2 Å². The number of hydrogen-bond acceptors (Lipinski definition) is 3. The number of aromatic nitrogens is 1. The van der Waals surface area contributed by atoms with Crippen molar-refractivity contribution >= 4 is 0 Å². The van der Waals surface area contributed by atoms with Gasteiger partial charge in [0.15, 0.2) is 0 Å². The van der Waals surface area contributed by atoms with Crippen molar-refractivity contribution in [2.45, 2.75) is 59.0 Å². The van der Waals surface area contributed by atoms with E-state index < -0.39 is 0 Å². The van der Waals surface area contributed by atoms with E-state index in [-0.39, 0.29) is 0 Å². The van der Waals surface area contributed by atoms with Gasteiger partial charge in [-0.1, -0.05) is 25.9 Å². The molecule has 3 nitrogen and oxygen atoms in total. The summed E-state index contributed by atoms with van der Waals surface area (Å²) in [5, 5.41) is 7.28. The zero-order valence-electron chi connectivity index (χ0n) is 11.2. The Hall–Kier alpha value is -0.830. The monoisotopic (exact) mass is 236 g/mol. The normalized spacial score (nSPS) is 26.1. The topological polar surface area (TPSA) is 38.1 Å². The predicted octanol–water partition coefficient (Wildman–Crippen LogP) is 3.37. The summed E-state index contributed by atoms with van der Waals surface area (Å²) in [6.07, 6.45) is 6.97. The molecule has 0 bridgehead atoms. The molecule has 0 amide bonds. The van der Waals surface area contributed by atoms with Gasteiger partial charge in [-0.05, 0) is 37.0 Å². The van der Waals surface area contributed by atoms with E-state index in [1.807, 2.05) is 6.07 Å². The average Bonchev–Trinajstić information content (AvgIpc) is 2.78. The van der Waals surface area contributed by atoms with Crippen molar-refractivity contribution in [3.63, 3.8) is 0 Å². The summed E-state index contributed by atoms with van der Waals surface area (Å²) in [6.45, 7) is 7.89. The van der Waals surface area contributed by atoms with Crippen LogP contribution in [0, 0.1) is 11.3 Å². The summed E-state index contributed by atoms with van der Waals surface area (Å²) in [6, 6.07) is 2.58. The van der Waals surface area contributed by atoms with Crippen molar-refractivity contribution in [3.05, 3.63) is 18.0 Å². The van der Waals surface area contributed by atoms with Gasteiger partial charge in [-0.3, -0.25) is 0 Å². The third kappa shape index (κ3) is 3.56. The van der Waals surface area contributed by atoms with Crippen molar-refractivity contribution in [1.29, 1.82) is 0 Å². The number of hydrogen-bond donors (Lipinski definition) is 1. The summed E-state index contributed by atoms with van der Waals surface area (Å²) in [4.78, 5) is 0. The fourth-order valence-corrected chi connectivity index (χ4v) is 2.74. The number of nitrogens with one attached hydrogen (secondary N) is 1. The van der Waals surface area contributed by atoms with Crippen LogP contribution in [0.3, 0.4) is 0 Å². The van der Waals surface area contributed by atoms with E-state index in [9.17, 15) is 0 Å². The minimum atomic E-state index is 0.468. The fourth-order valence-electron chi connectivity index (χ4n) is 2.74. The largest absolute Gasteiger partial charge is 0.360 e. The quantitative estimate of drug-likeness (QED) is 0.874. The van der Waals surface area contributed by atoms with Gasteiger partial charge in [0.05, 0.1) is 12.7 Å². The molecule has 1 aromatic heterocycles. The van der Waals surface area contributed by atoms with E-state index in [2.05, 4.69) is 31.2 Å². The molecule has 96 valence electrons. The molecule has 0 aliphatic heterocycles. The van der Waals surface area contributed by atoms with E-state index in [1.54, 1.807) is 6.20 Å². The molecule has 1 fully saturated rings. The van der Waals surface area contributed by atoms with Crippen molar-refractivity contribution in [2.24, 2.45) is 11.3 Å². The Labute approximate surface area is 104 Å².